The van der Waals surface area contributed by atoms with Crippen molar-refractivity contribution in [2.24, 2.45) is 0 Å². The third-order valence-corrected chi connectivity index (χ3v) is 3.69. The average Bonchev–Trinajstić information content (AvgIpc) is 2.43. The Morgan fingerprint density at radius 2 is 1.89 bits per heavy atom. The largest absolute Gasteiger partial charge is 0.497 e. The van der Waals surface area contributed by atoms with Crippen molar-refractivity contribution < 1.29 is 9.13 Å². The van der Waals surface area contributed by atoms with Crippen LogP contribution in [0.2, 0.25) is 0 Å². The fourth-order valence-electron chi connectivity index (χ4n) is 2.31. The molecule has 1 saturated heterocycles. The average molecular weight is 287 g/mol. The van der Waals surface area contributed by atoms with Crippen molar-refractivity contribution in [1.29, 1.82) is 0 Å². The molecule has 1 aliphatic rings. The maximum atomic E-state index is 13.9. The second kappa shape index (κ2) is 7.08. The van der Waals surface area contributed by atoms with Gasteiger partial charge in [-0.15, -0.1) is 11.6 Å². The molecule has 1 aromatic carbocycles. The Bertz CT molecular complexity index is 408. The monoisotopic (exact) mass is 286 g/mol. The Morgan fingerprint density at radius 3 is 2.47 bits per heavy atom. The highest BCUT2D eigenvalue weighted by Gasteiger charge is 2.17. The van der Waals surface area contributed by atoms with E-state index >= 15 is 0 Å². The van der Waals surface area contributed by atoms with Crippen LogP contribution in [0.15, 0.2) is 18.2 Å². The first-order valence-electron chi connectivity index (χ1n) is 6.56. The molecule has 0 saturated carbocycles. The number of halogens is 2. The van der Waals surface area contributed by atoms with E-state index in [2.05, 4.69) is 9.80 Å². The first kappa shape index (κ1) is 14.6. The van der Waals surface area contributed by atoms with Crippen molar-refractivity contribution in [1.82, 2.24) is 9.80 Å². The smallest absolute Gasteiger partial charge is 0.131 e. The highest BCUT2D eigenvalue weighted by atomic mass is 35.5. The number of hydrogen-bond donors (Lipinski definition) is 0. The number of alkyl halides is 1. The molecule has 0 amide bonds. The van der Waals surface area contributed by atoms with Crippen molar-refractivity contribution in [2.75, 3.05) is 45.7 Å². The van der Waals surface area contributed by atoms with E-state index in [0.29, 0.717) is 18.2 Å². The molecule has 0 aromatic heterocycles. The van der Waals surface area contributed by atoms with Crippen LogP contribution in [-0.2, 0) is 6.54 Å². The molecular formula is C14H20ClFN2O. The van der Waals surface area contributed by atoms with Crippen molar-refractivity contribution in [2.45, 2.75) is 6.54 Å². The van der Waals surface area contributed by atoms with Crippen molar-refractivity contribution in [3.05, 3.63) is 29.6 Å². The normalized spacial score (nSPS) is 17.6. The van der Waals surface area contributed by atoms with E-state index in [4.69, 9.17) is 16.3 Å². The molecule has 1 heterocycles. The van der Waals surface area contributed by atoms with Gasteiger partial charge < -0.3 is 4.74 Å². The fourth-order valence-corrected chi connectivity index (χ4v) is 2.55. The Balaban J connectivity index is 1.88. The van der Waals surface area contributed by atoms with E-state index in [1.54, 1.807) is 13.2 Å². The lowest BCUT2D eigenvalue weighted by atomic mass is 10.1. The number of methoxy groups -OCH3 is 1. The molecule has 1 aromatic rings. The lowest BCUT2D eigenvalue weighted by Gasteiger charge is -2.34. The molecular weight excluding hydrogens is 267 g/mol. The third-order valence-electron chi connectivity index (χ3n) is 3.52. The standard InChI is InChI=1S/C14H20ClFN2O/c1-19-13-3-2-12(14(16)10-13)11-18-8-6-17(5-4-15)7-9-18/h2-3,10H,4-9,11H2,1H3. The molecule has 1 aliphatic heterocycles. The minimum absolute atomic E-state index is 0.192. The van der Waals surface area contributed by atoms with Crippen LogP contribution in [0.3, 0.4) is 0 Å². The lowest BCUT2D eigenvalue weighted by molar-refractivity contribution is 0.131. The van der Waals surface area contributed by atoms with Crippen LogP contribution in [0.4, 0.5) is 4.39 Å². The van der Waals surface area contributed by atoms with Gasteiger partial charge in [0.05, 0.1) is 7.11 Å². The zero-order valence-electron chi connectivity index (χ0n) is 11.2. The molecule has 0 N–H and O–H groups in total. The van der Waals surface area contributed by atoms with Crippen LogP contribution in [0.1, 0.15) is 5.56 Å². The summed E-state index contributed by atoms with van der Waals surface area (Å²) in [6.45, 7) is 5.52. The highest BCUT2D eigenvalue weighted by Crippen LogP contribution is 2.18. The van der Waals surface area contributed by atoms with Gasteiger partial charge >= 0.3 is 0 Å². The van der Waals surface area contributed by atoms with E-state index in [-0.39, 0.29) is 5.82 Å². The van der Waals surface area contributed by atoms with Gasteiger partial charge in [-0.3, -0.25) is 9.80 Å². The van der Waals surface area contributed by atoms with Crippen LogP contribution in [0.25, 0.3) is 0 Å². The molecule has 2 rings (SSSR count). The van der Waals surface area contributed by atoms with Gasteiger partial charge in [0.25, 0.3) is 0 Å². The summed E-state index contributed by atoms with van der Waals surface area (Å²) >= 11 is 5.73. The second-order valence-electron chi connectivity index (χ2n) is 4.76. The number of ether oxygens (including phenoxy) is 1. The minimum Gasteiger partial charge on any atom is -0.497 e. The summed E-state index contributed by atoms with van der Waals surface area (Å²) in [6.07, 6.45) is 0. The predicted octanol–water partition coefficient (Wildman–Crippen LogP) is 2.19. The first-order valence-corrected chi connectivity index (χ1v) is 7.09. The van der Waals surface area contributed by atoms with E-state index in [0.717, 1.165) is 38.3 Å². The molecule has 3 nitrogen and oxygen atoms in total. The molecule has 1 fully saturated rings. The molecule has 0 bridgehead atoms. The van der Waals surface area contributed by atoms with E-state index in [9.17, 15) is 4.39 Å². The molecule has 0 aliphatic carbocycles. The molecule has 0 radical (unpaired) electrons. The molecule has 0 atom stereocenters. The number of benzene rings is 1. The van der Waals surface area contributed by atoms with Crippen LogP contribution in [-0.4, -0.2) is 55.5 Å². The molecule has 106 valence electrons. The first-order chi connectivity index (χ1) is 9.22. The van der Waals surface area contributed by atoms with Crippen molar-refractivity contribution in [3.63, 3.8) is 0 Å². The molecule has 0 unspecified atom stereocenters. The minimum atomic E-state index is -0.192. The van der Waals surface area contributed by atoms with Crippen LogP contribution in [0.5, 0.6) is 5.75 Å². The topological polar surface area (TPSA) is 15.7 Å². The van der Waals surface area contributed by atoms with Crippen molar-refractivity contribution >= 4 is 11.6 Å². The molecule has 5 heteroatoms. The third kappa shape index (κ3) is 4.06. The Morgan fingerprint density at radius 1 is 1.21 bits per heavy atom. The summed E-state index contributed by atoms with van der Waals surface area (Å²) in [5.41, 5.74) is 0.728. The van der Waals surface area contributed by atoms with Gasteiger partial charge in [0, 0.05) is 56.8 Å². The van der Waals surface area contributed by atoms with E-state index < -0.39 is 0 Å². The highest BCUT2D eigenvalue weighted by molar-refractivity contribution is 6.18. The Labute approximate surface area is 118 Å². The van der Waals surface area contributed by atoms with E-state index in [1.807, 2.05) is 6.07 Å². The van der Waals surface area contributed by atoms with Gasteiger partial charge in [-0.25, -0.2) is 4.39 Å². The van der Waals surface area contributed by atoms with E-state index in [1.165, 1.54) is 6.07 Å². The number of rotatable bonds is 5. The number of hydrogen-bond acceptors (Lipinski definition) is 3. The summed E-state index contributed by atoms with van der Waals surface area (Å²) in [5, 5.41) is 0. The maximum Gasteiger partial charge on any atom is 0.131 e. The molecule has 19 heavy (non-hydrogen) atoms. The Hall–Kier alpha value is -0.840. The lowest BCUT2D eigenvalue weighted by Crippen LogP contribution is -2.46. The van der Waals surface area contributed by atoms with Crippen molar-refractivity contribution in [3.8, 4) is 5.75 Å². The number of nitrogens with zero attached hydrogens (tertiary/aromatic N) is 2. The van der Waals surface area contributed by atoms with Gasteiger partial charge in [0.1, 0.15) is 11.6 Å². The second-order valence-corrected chi connectivity index (χ2v) is 5.14. The summed E-state index contributed by atoms with van der Waals surface area (Å²) in [6, 6.07) is 5.06. The van der Waals surface area contributed by atoms with Gasteiger partial charge in [-0.2, -0.15) is 0 Å². The van der Waals surface area contributed by atoms with Gasteiger partial charge in [0.15, 0.2) is 0 Å². The van der Waals surface area contributed by atoms with Crippen LogP contribution < -0.4 is 4.74 Å². The fraction of sp³-hybridized carbons (Fsp3) is 0.571. The van der Waals surface area contributed by atoms with Gasteiger partial charge in [-0.1, -0.05) is 6.07 Å². The van der Waals surface area contributed by atoms with Gasteiger partial charge in [0.2, 0.25) is 0 Å². The zero-order chi connectivity index (χ0) is 13.7. The molecule has 0 spiro atoms. The van der Waals surface area contributed by atoms with Crippen LogP contribution >= 0.6 is 11.6 Å². The summed E-state index contributed by atoms with van der Waals surface area (Å²) in [7, 11) is 1.55. The maximum absolute atomic E-state index is 13.9. The summed E-state index contributed by atoms with van der Waals surface area (Å²) < 4.78 is 18.9. The predicted molar refractivity (Wildman–Crippen MR) is 75.4 cm³/mol. The summed E-state index contributed by atoms with van der Waals surface area (Å²) in [5.74, 6) is 1.04. The summed E-state index contributed by atoms with van der Waals surface area (Å²) in [4.78, 5) is 4.61. The number of piperazine rings is 1. The zero-order valence-corrected chi connectivity index (χ0v) is 12.0. The SMILES string of the molecule is COc1ccc(CN2CCN(CCCl)CC2)c(F)c1. The van der Waals surface area contributed by atoms with Crippen LogP contribution in [0, 0.1) is 5.82 Å². The Kier molecular flexibility index (Phi) is 5.43. The quantitative estimate of drug-likeness (QED) is 0.772. The van der Waals surface area contributed by atoms with Gasteiger partial charge in [-0.05, 0) is 6.07 Å².